The summed E-state index contributed by atoms with van der Waals surface area (Å²) in [6.45, 7) is 0.511. The Morgan fingerprint density at radius 1 is 1.13 bits per heavy atom. The van der Waals surface area contributed by atoms with Crippen LogP contribution in [0, 0.1) is 11.8 Å². The first-order chi connectivity index (χ1) is 11.0. The summed E-state index contributed by atoms with van der Waals surface area (Å²) in [5.74, 6) is 1.18. The van der Waals surface area contributed by atoms with Crippen molar-refractivity contribution in [1.82, 2.24) is 0 Å². The number of fused-ring (bicyclic) bond motifs is 2. The molecule has 1 saturated heterocycles. The summed E-state index contributed by atoms with van der Waals surface area (Å²) in [5, 5.41) is 0. The van der Waals surface area contributed by atoms with E-state index in [1.165, 1.54) is 23.6 Å². The molecule has 0 radical (unpaired) electrons. The van der Waals surface area contributed by atoms with Gasteiger partial charge in [0, 0.05) is 6.54 Å². The van der Waals surface area contributed by atoms with Crippen LogP contribution in [0.2, 0.25) is 0 Å². The van der Waals surface area contributed by atoms with Gasteiger partial charge in [-0.15, -0.1) is 0 Å². The second-order valence-electron chi connectivity index (χ2n) is 6.91. The monoisotopic (exact) mass is 335 g/mol. The molecular formula is C17H21NO4S. The molecule has 5 nitrogen and oxygen atoms in total. The van der Waals surface area contributed by atoms with Crippen molar-refractivity contribution < 1.29 is 17.9 Å². The van der Waals surface area contributed by atoms with Crippen LogP contribution < -0.4 is 4.31 Å². The van der Waals surface area contributed by atoms with Crippen LogP contribution in [0.1, 0.15) is 42.5 Å². The molecule has 0 spiro atoms. The highest BCUT2D eigenvalue weighted by atomic mass is 32.2. The molecule has 2 saturated carbocycles. The zero-order chi connectivity index (χ0) is 16.0. The first kappa shape index (κ1) is 15.0. The van der Waals surface area contributed by atoms with E-state index in [4.69, 9.17) is 4.74 Å². The lowest BCUT2D eigenvalue weighted by Gasteiger charge is -2.22. The molecule has 1 heterocycles. The molecule has 6 heteroatoms. The molecule has 4 rings (SSSR count). The van der Waals surface area contributed by atoms with Crippen molar-refractivity contribution >= 4 is 21.7 Å². The molecule has 2 aliphatic carbocycles. The second kappa shape index (κ2) is 5.51. The number of hydrogen-bond donors (Lipinski definition) is 0. The van der Waals surface area contributed by atoms with Crippen LogP contribution in [-0.2, 0) is 14.8 Å². The second-order valence-corrected chi connectivity index (χ2v) is 8.92. The number of sulfonamides is 1. The standard InChI is InChI=1S/C17H21NO4S/c19-17(22-16-11-12-2-3-14(16)10-12)13-4-6-15(7-5-13)18-8-1-9-23(18,20)21/h4-7,12,14,16H,1-3,8-11H2/t12-,14-,16-/m0/s1. The third kappa shape index (κ3) is 2.73. The molecule has 1 aromatic rings. The Kier molecular flexibility index (Phi) is 3.59. The van der Waals surface area contributed by atoms with Gasteiger partial charge in [0.2, 0.25) is 10.0 Å². The molecule has 1 aliphatic heterocycles. The summed E-state index contributed by atoms with van der Waals surface area (Å²) >= 11 is 0. The molecule has 3 fully saturated rings. The third-order valence-electron chi connectivity index (χ3n) is 5.42. The SMILES string of the molecule is O=C(O[C@H]1C[C@H]2CC[C@H]1C2)c1ccc(N2CCCS2(=O)=O)cc1. The Labute approximate surface area is 136 Å². The highest BCUT2D eigenvalue weighted by molar-refractivity contribution is 7.93. The maximum Gasteiger partial charge on any atom is 0.338 e. The minimum atomic E-state index is -3.18. The van der Waals surface area contributed by atoms with Gasteiger partial charge in [-0.1, -0.05) is 0 Å². The number of esters is 1. The predicted octanol–water partition coefficient (Wildman–Crippen LogP) is 2.57. The number of ether oxygens (including phenoxy) is 1. The average Bonchev–Trinajstić information content (AvgIpc) is 3.22. The van der Waals surface area contributed by atoms with E-state index in [-0.39, 0.29) is 17.8 Å². The lowest BCUT2D eigenvalue weighted by atomic mass is 9.98. The summed E-state index contributed by atoms with van der Waals surface area (Å²) in [5.41, 5.74) is 1.12. The highest BCUT2D eigenvalue weighted by Gasteiger charge is 2.41. The molecule has 0 unspecified atom stereocenters. The Morgan fingerprint density at radius 2 is 1.91 bits per heavy atom. The summed E-state index contributed by atoms with van der Waals surface area (Å²) < 4.78 is 30.9. The molecule has 2 bridgehead atoms. The Bertz CT molecular complexity index is 713. The maximum atomic E-state index is 12.3. The third-order valence-corrected chi connectivity index (χ3v) is 7.29. The van der Waals surface area contributed by atoms with Crippen molar-refractivity contribution in [3.63, 3.8) is 0 Å². The van der Waals surface area contributed by atoms with E-state index in [0.717, 1.165) is 12.3 Å². The molecule has 1 aromatic carbocycles. The fourth-order valence-corrected chi connectivity index (χ4v) is 5.79. The van der Waals surface area contributed by atoms with Crippen molar-refractivity contribution in [3.8, 4) is 0 Å². The van der Waals surface area contributed by atoms with Gasteiger partial charge in [-0.3, -0.25) is 4.31 Å². The zero-order valence-electron chi connectivity index (χ0n) is 13.0. The molecule has 0 aromatic heterocycles. The molecule has 23 heavy (non-hydrogen) atoms. The van der Waals surface area contributed by atoms with Gasteiger partial charge in [0.25, 0.3) is 0 Å². The van der Waals surface area contributed by atoms with Crippen LogP contribution in [0.15, 0.2) is 24.3 Å². The van der Waals surface area contributed by atoms with E-state index in [0.29, 0.717) is 30.1 Å². The van der Waals surface area contributed by atoms with E-state index in [2.05, 4.69) is 0 Å². The first-order valence-electron chi connectivity index (χ1n) is 8.34. The minimum absolute atomic E-state index is 0.0693. The van der Waals surface area contributed by atoms with Crippen molar-refractivity contribution in [2.45, 2.75) is 38.2 Å². The van der Waals surface area contributed by atoms with E-state index >= 15 is 0 Å². The fraction of sp³-hybridized carbons (Fsp3) is 0.588. The van der Waals surface area contributed by atoms with Gasteiger partial charge in [-0.2, -0.15) is 0 Å². The topological polar surface area (TPSA) is 63.7 Å². The van der Waals surface area contributed by atoms with Gasteiger partial charge in [0.15, 0.2) is 0 Å². The molecule has 3 aliphatic rings. The number of rotatable bonds is 3. The van der Waals surface area contributed by atoms with E-state index in [1.54, 1.807) is 24.3 Å². The first-order valence-corrected chi connectivity index (χ1v) is 9.95. The largest absolute Gasteiger partial charge is 0.458 e. The molecular weight excluding hydrogens is 314 g/mol. The number of carbonyl (C=O) groups excluding carboxylic acids is 1. The molecule has 0 N–H and O–H groups in total. The van der Waals surface area contributed by atoms with Crippen molar-refractivity contribution in [2.24, 2.45) is 11.8 Å². The van der Waals surface area contributed by atoms with Gasteiger partial charge in [0.1, 0.15) is 6.10 Å². The van der Waals surface area contributed by atoms with Gasteiger partial charge in [-0.25, -0.2) is 13.2 Å². The fourth-order valence-electron chi connectivity index (χ4n) is 4.23. The van der Waals surface area contributed by atoms with Crippen LogP contribution in [-0.4, -0.2) is 32.8 Å². The van der Waals surface area contributed by atoms with E-state index < -0.39 is 10.0 Å². The van der Waals surface area contributed by atoms with Gasteiger partial charge < -0.3 is 4.74 Å². The van der Waals surface area contributed by atoms with Crippen molar-refractivity contribution in [3.05, 3.63) is 29.8 Å². The Balaban J connectivity index is 1.44. The molecule has 3 atom stereocenters. The van der Waals surface area contributed by atoms with Crippen LogP contribution in [0.4, 0.5) is 5.69 Å². The number of carbonyl (C=O) groups is 1. The highest BCUT2D eigenvalue weighted by Crippen LogP contribution is 2.46. The Hall–Kier alpha value is -1.56. The van der Waals surface area contributed by atoms with Crippen LogP contribution in [0.5, 0.6) is 0 Å². The zero-order valence-corrected chi connectivity index (χ0v) is 13.8. The van der Waals surface area contributed by atoms with E-state index in [9.17, 15) is 13.2 Å². The van der Waals surface area contributed by atoms with Crippen LogP contribution in [0.25, 0.3) is 0 Å². The van der Waals surface area contributed by atoms with Crippen LogP contribution in [0.3, 0.4) is 0 Å². The number of benzene rings is 1. The maximum absolute atomic E-state index is 12.3. The number of anilines is 1. The summed E-state index contributed by atoms with van der Waals surface area (Å²) in [6.07, 6.45) is 5.37. The van der Waals surface area contributed by atoms with Crippen LogP contribution >= 0.6 is 0 Å². The summed E-state index contributed by atoms with van der Waals surface area (Å²) in [7, 11) is -3.18. The average molecular weight is 335 g/mol. The quantitative estimate of drug-likeness (QED) is 0.797. The Morgan fingerprint density at radius 3 is 2.48 bits per heavy atom. The lowest BCUT2D eigenvalue weighted by Crippen LogP contribution is -2.25. The number of nitrogens with zero attached hydrogens (tertiary/aromatic N) is 1. The van der Waals surface area contributed by atoms with E-state index in [1.807, 2.05) is 0 Å². The minimum Gasteiger partial charge on any atom is -0.458 e. The molecule has 124 valence electrons. The lowest BCUT2D eigenvalue weighted by molar-refractivity contribution is 0.0158. The summed E-state index contributed by atoms with van der Waals surface area (Å²) in [4.78, 5) is 12.3. The van der Waals surface area contributed by atoms with Gasteiger partial charge in [-0.05, 0) is 68.2 Å². The normalized spacial score (nSPS) is 31.5. The smallest absolute Gasteiger partial charge is 0.338 e. The van der Waals surface area contributed by atoms with Crippen molar-refractivity contribution in [2.75, 3.05) is 16.6 Å². The van der Waals surface area contributed by atoms with Gasteiger partial charge >= 0.3 is 5.97 Å². The summed E-state index contributed by atoms with van der Waals surface area (Å²) in [6, 6.07) is 6.72. The van der Waals surface area contributed by atoms with Crippen molar-refractivity contribution in [1.29, 1.82) is 0 Å². The number of hydrogen-bond acceptors (Lipinski definition) is 4. The predicted molar refractivity (Wildman–Crippen MR) is 86.8 cm³/mol. The van der Waals surface area contributed by atoms with Gasteiger partial charge in [0.05, 0.1) is 17.0 Å². The molecule has 0 amide bonds.